The summed E-state index contributed by atoms with van der Waals surface area (Å²) in [5, 5.41) is 19.6. The van der Waals surface area contributed by atoms with Gasteiger partial charge < -0.3 is 14.9 Å². The number of carbonyl (C=O) groups excluding carboxylic acids is 1. The van der Waals surface area contributed by atoms with Crippen molar-refractivity contribution in [1.29, 1.82) is 0 Å². The second-order valence-corrected chi connectivity index (χ2v) is 4.19. The molecule has 0 bridgehead atoms. The zero-order valence-corrected chi connectivity index (χ0v) is 9.77. The topological polar surface area (TPSA) is 66.8 Å². The molecule has 0 amide bonds. The van der Waals surface area contributed by atoms with E-state index in [0.717, 1.165) is 30.4 Å². The predicted molar refractivity (Wildman–Crippen MR) is 61.7 cm³/mol. The summed E-state index contributed by atoms with van der Waals surface area (Å²) in [6.45, 7) is 1.88. The molecule has 0 spiro atoms. The molecule has 0 fully saturated rings. The van der Waals surface area contributed by atoms with E-state index in [0.29, 0.717) is 0 Å². The number of carbonyl (C=O) groups is 1. The molecule has 1 atom stereocenters. The first-order chi connectivity index (χ1) is 8.13. The van der Waals surface area contributed by atoms with Crippen LogP contribution in [-0.4, -0.2) is 22.8 Å². The van der Waals surface area contributed by atoms with E-state index in [4.69, 9.17) is 4.74 Å². The van der Waals surface area contributed by atoms with Crippen LogP contribution in [0.4, 0.5) is 0 Å². The van der Waals surface area contributed by atoms with Gasteiger partial charge in [0.25, 0.3) is 0 Å². The molecular weight excluding hydrogens is 220 g/mol. The minimum atomic E-state index is -1.40. The van der Waals surface area contributed by atoms with Gasteiger partial charge in [-0.2, -0.15) is 0 Å². The number of aryl methyl sites for hydroxylation is 2. The van der Waals surface area contributed by atoms with Gasteiger partial charge in [0.05, 0.1) is 6.61 Å². The third-order valence-electron chi connectivity index (χ3n) is 3.05. The normalized spacial score (nSPS) is 15.4. The van der Waals surface area contributed by atoms with Crippen LogP contribution < -0.4 is 0 Å². The first-order valence-electron chi connectivity index (χ1n) is 5.82. The van der Waals surface area contributed by atoms with Crippen LogP contribution in [-0.2, 0) is 22.4 Å². The van der Waals surface area contributed by atoms with E-state index >= 15 is 0 Å². The summed E-state index contributed by atoms with van der Waals surface area (Å²) in [5.41, 5.74) is 2.44. The quantitative estimate of drug-likeness (QED) is 0.780. The molecule has 0 aromatic heterocycles. The Balaban J connectivity index is 2.29. The van der Waals surface area contributed by atoms with Gasteiger partial charge in [-0.3, -0.25) is 0 Å². The van der Waals surface area contributed by atoms with Crippen molar-refractivity contribution >= 4 is 5.97 Å². The van der Waals surface area contributed by atoms with Gasteiger partial charge in [-0.25, -0.2) is 4.79 Å². The van der Waals surface area contributed by atoms with E-state index in [1.165, 1.54) is 0 Å². The van der Waals surface area contributed by atoms with Crippen LogP contribution in [0.2, 0.25) is 0 Å². The van der Waals surface area contributed by atoms with Crippen LogP contribution >= 0.6 is 0 Å². The smallest absolute Gasteiger partial charge is 0.339 e. The number of benzene rings is 1. The molecule has 1 aliphatic carbocycles. The summed E-state index contributed by atoms with van der Waals surface area (Å²) in [5.74, 6) is -0.757. The summed E-state index contributed by atoms with van der Waals surface area (Å²) in [4.78, 5) is 11.4. The van der Waals surface area contributed by atoms with Crippen LogP contribution in [0.1, 0.15) is 36.1 Å². The summed E-state index contributed by atoms with van der Waals surface area (Å²) < 4.78 is 4.73. The summed E-state index contributed by atoms with van der Waals surface area (Å²) >= 11 is 0. The lowest BCUT2D eigenvalue weighted by Gasteiger charge is -2.13. The second-order valence-electron chi connectivity index (χ2n) is 4.19. The fourth-order valence-electron chi connectivity index (χ4n) is 2.20. The predicted octanol–water partition coefficient (Wildman–Crippen LogP) is 1.48. The Morgan fingerprint density at radius 3 is 2.71 bits per heavy atom. The molecule has 1 aromatic rings. The van der Waals surface area contributed by atoms with E-state index in [-0.39, 0.29) is 17.9 Å². The van der Waals surface area contributed by atoms with Crippen molar-refractivity contribution in [3.8, 4) is 5.75 Å². The number of phenolic OH excluding ortho intramolecular Hbond substituents is 1. The maximum Gasteiger partial charge on any atom is 0.339 e. The van der Waals surface area contributed by atoms with Crippen LogP contribution in [0, 0.1) is 0 Å². The molecule has 2 rings (SSSR count). The van der Waals surface area contributed by atoms with E-state index in [9.17, 15) is 15.0 Å². The highest BCUT2D eigenvalue weighted by Crippen LogP contribution is 2.32. The molecule has 1 aromatic carbocycles. The SMILES string of the molecule is CCOC(=O)C(O)c1cc2c(cc1O)CCC2. The lowest BCUT2D eigenvalue weighted by molar-refractivity contribution is -0.153. The van der Waals surface area contributed by atoms with Crippen molar-refractivity contribution < 1.29 is 19.7 Å². The number of aliphatic hydroxyl groups excluding tert-OH is 1. The molecule has 4 heteroatoms. The fourth-order valence-corrected chi connectivity index (χ4v) is 2.20. The molecule has 1 unspecified atom stereocenters. The van der Waals surface area contributed by atoms with Crippen LogP contribution in [0.15, 0.2) is 12.1 Å². The number of hydrogen-bond donors (Lipinski definition) is 2. The number of aromatic hydroxyl groups is 1. The Hall–Kier alpha value is -1.55. The number of esters is 1. The molecule has 1 aliphatic rings. The summed E-state index contributed by atoms with van der Waals surface area (Å²) in [7, 11) is 0. The van der Waals surface area contributed by atoms with Crippen molar-refractivity contribution in [3.05, 3.63) is 28.8 Å². The van der Waals surface area contributed by atoms with Gasteiger partial charge >= 0.3 is 5.97 Å². The van der Waals surface area contributed by atoms with E-state index in [2.05, 4.69) is 0 Å². The van der Waals surface area contributed by atoms with Gasteiger partial charge in [0.15, 0.2) is 6.10 Å². The Kier molecular flexibility index (Phi) is 3.33. The van der Waals surface area contributed by atoms with Crippen LogP contribution in [0.25, 0.3) is 0 Å². The van der Waals surface area contributed by atoms with Crippen LogP contribution in [0.3, 0.4) is 0 Å². The molecule has 17 heavy (non-hydrogen) atoms. The Morgan fingerprint density at radius 1 is 1.41 bits per heavy atom. The average molecular weight is 236 g/mol. The van der Waals surface area contributed by atoms with E-state index in [1.807, 2.05) is 0 Å². The third-order valence-corrected chi connectivity index (χ3v) is 3.05. The molecule has 4 nitrogen and oxygen atoms in total. The third kappa shape index (κ3) is 2.26. The molecule has 0 aliphatic heterocycles. The number of hydrogen-bond acceptors (Lipinski definition) is 4. The van der Waals surface area contributed by atoms with Crippen molar-refractivity contribution in [2.45, 2.75) is 32.3 Å². The maximum atomic E-state index is 11.4. The maximum absolute atomic E-state index is 11.4. The fraction of sp³-hybridized carbons (Fsp3) is 0.462. The molecule has 0 heterocycles. The number of ether oxygens (including phenoxy) is 1. The minimum Gasteiger partial charge on any atom is -0.508 e. The number of fused-ring (bicyclic) bond motifs is 1. The zero-order chi connectivity index (χ0) is 12.4. The van der Waals surface area contributed by atoms with Crippen LogP contribution in [0.5, 0.6) is 5.75 Å². The molecule has 2 N–H and O–H groups in total. The molecule has 0 saturated heterocycles. The number of phenols is 1. The monoisotopic (exact) mass is 236 g/mol. The van der Waals surface area contributed by atoms with Gasteiger partial charge in [0.2, 0.25) is 0 Å². The first-order valence-corrected chi connectivity index (χ1v) is 5.82. The second kappa shape index (κ2) is 4.75. The van der Waals surface area contributed by atoms with Crippen molar-refractivity contribution in [2.75, 3.05) is 6.61 Å². The highest BCUT2D eigenvalue weighted by molar-refractivity contribution is 5.77. The van der Waals surface area contributed by atoms with Gasteiger partial charge in [-0.05, 0) is 49.4 Å². The van der Waals surface area contributed by atoms with Crippen molar-refractivity contribution in [1.82, 2.24) is 0 Å². The lowest BCUT2D eigenvalue weighted by atomic mass is 10.0. The zero-order valence-electron chi connectivity index (χ0n) is 9.77. The standard InChI is InChI=1S/C13H16O4/c1-2-17-13(16)12(15)10-6-8-4-3-5-9(8)7-11(10)14/h6-7,12,14-15H,2-5H2,1H3. The Labute approximate surface area is 99.8 Å². The Bertz CT molecular complexity index is 439. The first kappa shape index (κ1) is 11.9. The number of rotatable bonds is 3. The van der Waals surface area contributed by atoms with Gasteiger partial charge in [0.1, 0.15) is 5.75 Å². The molecular formula is C13H16O4. The molecule has 0 radical (unpaired) electrons. The van der Waals surface area contributed by atoms with Gasteiger partial charge in [-0.1, -0.05) is 0 Å². The molecule has 92 valence electrons. The number of aliphatic hydroxyl groups is 1. The lowest BCUT2D eigenvalue weighted by Crippen LogP contribution is -2.15. The van der Waals surface area contributed by atoms with E-state index < -0.39 is 12.1 Å². The highest BCUT2D eigenvalue weighted by atomic mass is 16.5. The average Bonchev–Trinajstić information content (AvgIpc) is 2.74. The largest absolute Gasteiger partial charge is 0.508 e. The minimum absolute atomic E-state index is 0.0359. The van der Waals surface area contributed by atoms with E-state index in [1.54, 1.807) is 19.1 Å². The summed E-state index contributed by atoms with van der Waals surface area (Å²) in [6.07, 6.45) is 1.52. The molecule has 0 saturated carbocycles. The highest BCUT2D eigenvalue weighted by Gasteiger charge is 2.24. The Morgan fingerprint density at radius 2 is 2.06 bits per heavy atom. The van der Waals surface area contributed by atoms with Crippen molar-refractivity contribution in [2.24, 2.45) is 0 Å². The van der Waals surface area contributed by atoms with Gasteiger partial charge in [-0.15, -0.1) is 0 Å². The van der Waals surface area contributed by atoms with Crippen molar-refractivity contribution in [3.63, 3.8) is 0 Å². The van der Waals surface area contributed by atoms with Gasteiger partial charge in [0, 0.05) is 5.56 Å². The summed E-state index contributed by atoms with van der Waals surface area (Å²) in [6, 6.07) is 3.35.